The Morgan fingerprint density at radius 1 is 1.04 bits per heavy atom. The minimum absolute atomic E-state index is 0.164. The van der Waals surface area contributed by atoms with E-state index in [1.807, 2.05) is 47.4 Å². The first kappa shape index (κ1) is 14.5. The third kappa shape index (κ3) is 3.03. The molecule has 3 heterocycles. The van der Waals surface area contributed by atoms with E-state index in [9.17, 15) is 4.79 Å². The van der Waals surface area contributed by atoms with Crippen LogP contribution >= 0.6 is 11.3 Å². The number of benzene rings is 1. The number of rotatable bonds is 1. The summed E-state index contributed by atoms with van der Waals surface area (Å²) in [6, 6.07) is 13.8. The van der Waals surface area contributed by atoms with Crippen LogP contribution in [0.5, 0.6) is 0 Å². The molecule has 2 aromatic rings. The van der Waals surface area contributed by atoms with Crippen molar-refractivity contribution in [3.05, 3.63) is 57.8 Å². The van der Waals surface area contributed by atoms with E-state index in [0.717, 1.165) is 41.5 Å². The van der Waals surface area contributed by atoms with Gasteiger partial charge >= 0.3 is 0 Å². The molecular formula is C19H18N2OS. The van der Waals surface area contributed by atoms with Crippen molar-refractivity contribution in [2.75, 3.05) is 26.2 Å². The third-order valence-corrected chi connectivity index (χ3v) is 5.59. The molecular weight excluding hydrogens is 304 g/mol. The van der Waals surface area contributed by atoms with Gasteiger partial charge in [0.2, 0.25) is 0 Å². The summed E-state index contributed by atoms with van der Waals surface area (Å²) < 4.78 is 0. The number of nitrogens with zero attached hydrogens (tertiary/aromatic N) is 1. The van der Waals surface area contributed by atoms with Crippen molar-refractivity contribution in [2.24, 2.45) is 11.8 Å². The third-order valence-electron chi connectivity index (χ3n) is 4.60. The van der Waals surface area contributed by atoms with Crippen LogP contribution < -0.4 is 5.32 Å². The van der Waals surface area contributed by atoms with E-state index in [2.05, 4.69) is 17.2 Å². The van der Waals surface area contributed by atoms with E-state index in [1.165, 1.54) is 11.3 Å². The molecule has 2 fully saturated rings. The van der Waals surface area contributed by atoms with Gasteiger partial charge in [-0.05, 0) is 36.1 Å². The monoisotopic (exact) mass is 322 g/mol. The molecule has 2 aliphatic heterocycles. The van der Waals surface area contributed by atoms with E-state index < -0.39 is 0 Å². The van der Waals surface area contributed by atoms with Crippen molar-refractivity contribution in [3.8, 4) is 11.8 Å². The van der Waals surface area contributed by atoms with Crippen molar-refractivity contribution < 1.29 is 4.79 Å². The summed E-state index contributed by atoms with van der Waals surface area (Å²) in [5, 5.41) is 3.41. The van der Waals surface area contributed by atoms with Gasteiger partial charge < -0.3 is 10.2 Å². The molecule has 1 N–H and O–H groups in total. The quantitative estimate of drug-likeness (QED) is 0.818. The fraction of sp³-hybridized carbons (Fsp3) is 0.316. The predicted molar refractivity (Wildman–Crippen MR) is 92.5 cm³/mol. The van der Waals surface area contributed by atoms with Gasteiger partial charge in [-0.1, -0.05) is 30.0 Å². The number of amides is 1. The Labute approximate surface area is 140 Å². The van der Waals surface area contributed by atoms with E-state index in [4.69, 9.17) is 0 Å². The Morgan fingerprint density at radius 3 is 2.52 bits per heavy atom. The highest BCUT2D eigenvalue weighted by molar-refractivity contribution is 7.14. The normalized spacial score (nSPS) is 22.5. The predicted octanol–water partition coefficient (Wildman–Crippen LogP) is 2.44. The van der Waals surface area contributed by atoms with Crippen LogP contribution in [-0.4, -0.2) is 37.0 Å². The molecule has 1 amide bonds. The lowest BCUT2D eigenvalue weighted by Crippen LogP contribution is -2.31. The summed E-state index contributed by atoms with van der Waals surface area (Å²) in [5.41, 5.74) is 0.994. The molecule has 116 valence electrons. The van der Waals surface area contributed by atoms with Gasteiger partial charge in [0.1, 0.15) is 0 Å². The molecule has 0 saturated carbocycles. The van der Waals surface area contributed by atoms with E-state index in [-0.39, 0.29) is 5.91 Å². The average Bonchev–Trinajstić information content (AvgIpc) is 3.28. The Morgan fingerprint density at radius 2 is 1.78 bits per heavy atom. The van der Waals surface area contributed by atoms with Crippen LogP contribution in [-0.2, 0) is 0 Å². The van der Waals surface area contributed by atoms with Crippen LogP contribution in [0.4, 0.5) is 0 Å². The molecule has 2 saturated heterocycles. The second-order valence-corrected chi connectivity index (χ2v) is 7.25. The van der Waals surface area contributed by atoms with E-state index in [0.29, 0.717) is 11.8 Å². The summed E-state index contributed by atoms with van der Waals surface area (Å²) in [5.74, 6) is 7.73. The SMILES string of the molecule is O=C(c1ccc(C#Cc2ccccc2)s1)N1CC2CNCC2C1. The molecule has 2 atom stereocenters. The standard InChI is InChI=1S/C19H18N2OS/c22-19(21-12-15-10-20-11-16(15)13-21)18-9-8-17(23-18)7-6-14-4-2-1-3-5-14/h1-5,8-9,15-16,20H,10-13H2. The van der Waals surface area contributed by atoms with E-state index >= 15 is 0 Å². The first-order chi connectivity index (χ1) is 11.3. The minimum Gasteiger partial charge on any atom is -0.337 e. The van der Waals surface area contributed by atoms with Gasteiger partial charge in [-0.25, -0.2) is 0 Å². The minimum atomic E-state index is 0.164. The Balaban J connectivity index is 1.46. The van der Waals surface area contributed by atoms with Gasteiger partial charge in [0, 0.05) is 31.7 Å². The maximum Gasteiger partial charge on any atom is 0.263 e. The van der Waals surface area contributed by atoms with Crippen LogP contribution in [0.1, 0.15) is 20.1 Å². The maximum absolute atomic E-state index is 12.6. The highest BCUT2D eigenvalue weighted by Crippen LogP contribution is 2.28. The average molecular weight is 322 g/mol. The lowest BCUT2D eigenvalue weighted by Gasteiger charge is -2.16. The van der Waals surface area contributed by atoms with Crippen molar-refractivity contribution in [3.63, 3.8) is 0 Å². The number of carbonyl (C=O) groups excluding carboxylic acids is 1. The number of hydrogen-bond acceptors (Lipinski definition) is 3. The summed E-state index contributed by atoms with van der Waals surface area (Å²) in [7, 11) is 0. The fourth-order valence-corrected chi connectivity index (χ4v) is 4.18. The van der Waals surface area contributed by atoms with Crippen LogP contribution in [0, 0.1) is 23.7 Å². The van der Waals surface area contributed by atoms with Gasteiger partial charge in [-0.3, -0.25) is 4.79 Å². The van der Waals surface area contributed by atoms with Crippen molar-refractivity contribution >= 4 is 17.2 Å². The zero-order chi connectivity index (χ0) is 15.6. The molecule has 2 unspecified atom stereocenters. The molecule has 4 rings (SSSR count). The molecule has 0 radical (unpaired) electrons. The number of likely N-dealkylation sites (tertiary alicyclic amines) is 1. The van der Waals surface area contributed by atoms with Gasteiger partial charge in [0.25, 0.3) is 5.91 Å². The van der Waals surface area contributed by atoms with Crippen molar-refractivity contribution in [1.82, 2.24) is 10.2 Å². The number of carbonyl (C=O) groups is 1. The lowest BCUT2D eigenvalue weighted by atomic mass is 10.0. The van der Waals surface area contributed by atoms with Crippen LogP contribution in [0.2, 0.25) is 0 Å². The van der Waals surface area contributed by atoms with Gasteiger partial charge in [-0.2, -0.15) is 0 Å². The van der Waals surface area contributed by atoms with Crippen molar-refractivity contribution in [2.45, 2.75) is 0 Å². The maximum atomic E-state index is 12.6. The second-order valence-electron chi connectivity index (χ2n) is 6.17. The number of hydrogen-bond donors (Lipinski definition) is 1. The summed E-state index contributed by atoms with van der Waals surface area (Å²) in [4.78, 5) is 16.4. The Kier molecular flexibility index (Phi) is 3.90. The highest BCUT2D eigenvalue weighted by Gasteiger charge is 2.38. The molecule has 4 heteroatoms. The first-order valence-electron chi connectivity index (χ1n) is 7.96. The van der Waals surface area contributed by atoms with Gasteiger partial charge in [-0.15, -0.1) is 11.3 Å². The number of thiophene rings is 1. The molecule has 0 bridgehead atoms. The first-order valence-corrected chi connectivity index (χ1v) is 8.78. The lowest BCUT2D eigenvalue weighted by molar-refractivity contribution is 0.0786. The summed E-state index contributed by atoms with van der Waals surface area (Å²) >= 11 is 1.49. The van der Waals surface area contributed by atoms with Gasteiger partial charge in [0.05, 0.1) is 9.75 Å². The van der Waals surface area contributed by atoms with Crippen LogP contribution in [0.3, 0.4) is 0 Å². The Hall–Kier alpha value is -2.09. The number of fused-ring (bicyclic) bond motifs is 1. The topological polar surface area (TPSA) is 32.3 Å². The van der Waals surface area contributed by atoms with E-state index in [1.54, 1.807) is 0 Å². The molecule has 2 aliphatic rings. The number of nitrogens with one attached hydrogen (secondary N) is 1. The molecule has 0 aliphatic carbocycles. The molecule has 1 aromatic carbocycles. The molecule has 1 aromatic heterocycles. The fourth-order valence-electron chi connectivity index (χ4n) is 3.35. The Bertz CT molecular complexity index is 759. The zero-order valence-electron chi connectivity index (χ0n) is 12.8. The van der Waals surface area contributed by atoms with Crippen LogP contribution in [0.25, 0.3) is 0 Å². The summed E-state index contributed by atoms with van der Waals surface area (Å²) in [6.07, 6.45) is 0. The smallest absolute Gasteiger partial charge is 0.263 e. The molecule has 23 heavy (non-hydrogen) atoms. The molecule has 3 nitrogen and oxygen atoms in total. The summed E-state index contributed by atoms with van der Waals surface area (Å²) in [6.45, 7) is 3.87. The second kappa shape index (κ2) is 6.19. The van der Waals surface area contributed by atoms with Gasteiger partial charge in [0.15, 0.2) is 0 Å². The van der Waals surface area contributed by atoms with Crippen LogP contribution in [0.15, 0.2) is 42.5 Å². The highest BCUT2D eigenvalue weighted by atomic mass is 32.1. The largest absolute Gasteiger partial charge is 0.337 e. The molecule has 0 spiro atoms. The zero-order valence-corrected chi connectivity index (χ0v) is 13.6. The van der Waals surface area contributed by atoms with Crippen molar-refractivity contribution in [1.29, 1.82) is 0 Å².